The molecule has 2 atom stereocenters. The summed E-state index contributed by atoms with van der Waals surface area (Å²) in [5.41, 5.74) is 3.99. The van der Waals surface area contributed by atoms with Crippen LogP contribution in [-0.2, 0) is 0 Å². The number of fused-ring (bicyclic) bond motifs is 3. The van der Waals surface area contributed by atoms with Crippen LogP contribution in [0.15, 0.2) is 71.8 Å². The van der Waals surface area contributed by atoms with Crippen molar-refractivity contribution in [3.8, 4) is 17.2 Å². The van der Waals surface area contributed by atoms with E-state index in [1.807, 2.05) is 65.7 Å². The van der Waals surface area contributed by atoms with Gasteiger partial charge in [0.2, 0.25) is 6.23 Å². The van der Waals surface area contributed by atoms with Crippen molar-refractivity contribution in [3.05, 3.63) is 88.4 Å². The Hall–Kier alpha value is -3.18. The molecule has 0 amide bonds. The summed E-state index contributed by atoms with van der Waals surface area (Å²) in [7, 11) is 3.27. The van der Waals surface area contributed by atoms with Gasteiger partial charge in [-0.2, -0.15) is 5.10 Å². The third-order valence-corrected chi connectivity index (χ3v) is 5.93. The monoisotopic (exact) mass is 420 g/mol. The van der Waals surface area contributed by atoms with Crippen molar-refractivity contribution in [1.29, 1.82) is 0 Å². The van der Waals surface area contributed by atoms with Crippen LogP contribution in [0.25, 0.3) is 0 Å². The summed E-state index contributed by atoms with van der Waals surface area (Å²) in [6.07, 6.45) is 0.368. The highest BCUT2D eigenvalue weighted by Crippen LogP contribution is 2.48. The van der Waals surface area contributed by atoms with Crippen LogP contribution in [0, 0.1) is 0 Å². The zero-order chi connectivity index (χ0) is 20.7. The van der Waals surface area contributed by atoms with Crippen LogP contribution in [0.5, 0.6) is 17.2 Å². The second-order valence-corrected chi connectivity index (χ2v) is 7.65. The molecule has 0 saturated carbocycles. The SMILES string of the molecule is COc1ccc(C2=NN3C(C2)c2ccccc2OC3c2ccccc2Cl)cc1OC. The Morgan fingerprint density at radius 2 is 1.67 bits per heavy atom. The summed E-state index contributed by atoms with van der Waals surface area (Å²) in [6, 6.07) is 21.8. The Bertz CT molecular complexity index is 1130. The van der Waals surface area contributed by atoms with Crippen LogP contribution in [0.3, 0.4) is 0 Å². The molecule has 0 saturated heterocycles. The van der Waals surface area contributed by atoms with Gasteiger partial charge in [-0.1, -0.05) is 48.0 Å². The molecule has 3 aromatic carbocycles. The zero-order valence-electron chi connectivity index (χ0n) is 16.7. The van der Waals surface area contributed by atoms with Gasteiger partial charge in [0.15, 0.2) is 11.5 Å². The summed E-state index contributed by atoms with van der Waals surface area (Å²) >= 11 is 6.52. The molecule has 2 aliphatic rings. The Morgan fingerprint density at radius 1 is 0.933 bits per heavy atom. The average Bonchev–Trinajstić information content (AvgIpc) is 3.24. The normalized spacial score (nSPS) is 19.4. The maximum Gasteiger partial charge on any atom is 0.215 e. The van der Waals surface area contributed by atoms with Crippen molar-refractivity contribution in [2.75, 3.05) is 14.2 Å². The first-order chi connectivity index (χ1) is 14.7. The Kier molecular flexibility index (Phi) is 4.75. The van der Waals surface area contributed by atoms with E-state index in [-0.39, 0.29) is 6.04 Å². The lowest BCUT2D eigenvalue weighted by Crippen LogP contribution is -2.33. The van der Waals surface area contributed by atoms with E-state index in [1.54, 1.807) is 14.2 Å². The molecule has 0 fully saturated rings. The summed E-state index contributed by atoms with van der Waals surface area (Å²) in [6.45, 7) is 0. The van der Waals surface area contributed by atoms with E-state index in [9.17, 15) is 0 Å². The maximum absolute atomic E-state index is 6.52. The molecule has 0 N–H and O–H groups in total. The maximum atomic E-state index is 6.52. The van der Waals surface area contributed by atoms with Crippen molar-refractivity contribution in [1.82, 2.24) is 5.01 Å². The fourth-order valence-corrected chi connectivity index (χ4v) is 4.33. The molecule has 0 radical (unpaired) electrons. The molecule has 0 aromatic heterocycles. The number of hydrogen-bond donors (Lipinski definition) is 0. The topological polar surface area (TPSA) is 43.3 Å². The highest BCUT2D eigenvalue weighted by molar-refractivity contribution is 6.31. The number of hydrogen-bond acceptors (Lipinski definition) is 5. The van der Waals surface area contributed by atoms with Gasteiger partial charge in [-0.15, -0.1) is 0 Å². The van der Waals surface area contributed by atoms with Crippen LogP contribution in [0.4, 0.5) is 0 Å². The van der Waals surface area contributed by atoms with E-state index >= 15 is 0 Å². The first-order valence-corrected chi connectivity index (χ1v) is 10.2. The van der Waals surface area contributed by atoms with E-state index in [4.69, 9.17) is 30.9 Å². The first-order valence-electron chi connectivity index (χ1n) is 9.78. The van der Waals surface area contributed by atoms with Crippen LogP contribution in [0.2, 0.25) is 5.02 Å². The Balaban J connectivity index is 1.59. The second-order valence-electron chi connectivity index (χ2n) is 7.25. The smallest absolute Gasteiger partial charge is 0.215 e. The molecule has 0 bridgehead atoms. The van der Waals surface area contributed by atoms with Crippen LogP contribution in [-0.4, -0.2) is 24.9 Å². The first kappa shape index (κ1) is 18.8. The van der Waals surface area contributed by atoms with Crippen LogP contribution < -0.4 is 14.2 Å². The summed E-state index contributed by atoms with van der Waals surface area (Å²) < 4.78 is 17.2. The molecule has 2 heterocycles. The summed E-state index contributed by atoms with van der Waals surface area (Å²) in [5.74, 6) is 2.24. The third-order valence-electron chi connectivity index (χ3n) is 5.59. The summed E-state index contributed by atoms with van der Waals surface area (Å²) in [5, 5.41) is 7.66. The molecule has 0 aliphatic carbocycles. The fourth-order valence-electron chi connectivity index (χ4n) is 4.10. The quantitative estimate of drug-likeness (QED) is 0.551. The number of methoxy groups -OCH3 is 2. The Labute approximate surface area is 180 Å². The lowest BCUT2D eigenvalue weighted by atomic mass is 9.96. The van der Waals surface area contributed by atoms with Gasteiger partial charge in [-0.3, -0.25) is 0 Å². The van der Waals surface area contributed by atoms with Gasteiger partial charge in [-0.05, 0) is 30.3 Å². The molecule has 5 rings (SSSR count). The zero-order valence-corrected chi connectivity index (χ0v) is 17.5. The summed E-state index contributed by atoms with van der Waals surface area (Å²) in [4.78, 5) is 0. The molecular formula is C24H21ClN2O3. The fraction of sp³-hybridized carbons (Fsp3) is 0.208. The number of para-hydroxylation sites is 1. The number of rotatable bonds is 4. The molecule has 6 heteroatoms. The van der Waals surface area contributed by atoms with Gasteiger partial charge in [0.05, 0.1) is 26.0 Å². The van der Waals surface area contributed by atoms with Crippen LogP contribution >= 0.6 is 11.6 Å². The molecule has 2 unspecified atom stereocenters. The standard InChI is InChI=1S/C24H21ClN2O3/c1-28-22-12-11-15(13-23(22)29-2)19-14-20-17-8-4-6-10-21(17)30-24(27(20)26-19)16-7-3-5-9-18(16)25/h3-13,20,24H,14H2,1-2H3. The van der Waals surface area contributed by atoms with E-state index in [2.05, 4.69) is 6.07 Å². The molecule has 3 aromatic rings. The van der Waals surface area contributed by atoms with Gasteiger partial charge in [0.25, 0.3) is 0 Å². The molecule has 5 nitrogen and oxygen atoms in total. The van der Waals surface area contributed by atoms with Gasteiger partial charge in [0, 0.05) is 28.1 Å². The molecule has 30 heavy (non-hydrogen) atoms. The molecular weight excluding hydrogens is 400 g/mol. The van der Waals surface area contributed by atoms with Gasteiger partial charge >= 0.3 is 0 Å². The van der Waals surface area contributed by atoms with E-state index in [0.29, 0.717) is 16.5 Å². The van der Waals surface area contributed by atoms with E-state index in [1.165, 1.54) is 0 Å². The number of hydrazone groups is 1. The number of halogens is 1. The van der Waals surface area contributed by atoms with Gasteiger partial charge < -0.3 is 14.2 Å². The highest BCUT2D eigenvalue weighted by Gasteiger charge is 2.41. The lowest BCUT2D eigenvalue weighted by Gasteiger charge is -2.38. The van der Waals surface area contributed by atoms with Gasteiger partial charge in [0.1, 0.15) is 5.75 Å². The minimum atomic E-state index is -0.392. The predicted molar refractivity (Wildman–Crippen MR) is 117 cm³/mol. The molecule has 2 aliphatic heterocycles. The molecule has 152 valence electrons. The lowest BCUT2D eigenvalue weighted by molar-refractivity contribution is -0.0189. The largest absolute Gasteiger partial charge is 0.493 e. The van der Waals surface area contributed by atoms with Crippen molar-refractivity contribution in [2.24, 2.45) is 5.10 Å². The Morgan fingerprint density at radius 3 is 2.43 bits per heavy atom. The predicted octanol–water partition coefficient (Wildman–Crippen LogP) is 5.60. The van der Waals surface area contributed by atoms with Crippen LogP contribution in [0.1, 0.15) is 35.4 Å². The highest BCUT2D eigenvalue weighted by atomic mass is 35.5. The second kappa shape index (κ2) is 7.58. The third kappa shape index (κ3) is 3.06. The van der Waals surface area contributed by atoms with E-state index < -0.39 is 6.23 Å². The minimum Gasteiger partial charge on any atom is -0.493 e. The number of ether oxygens (including phenoxy) is 3. The number of benzene rings is 3. The van der Waals surface area contributed by atoms with Crippen molar-refractivity contribution in [2.45, 2.75) is 18.7 Å². The average molecular weight is 421 g/mol. The molecule has 0 spiro atoms. The minimum absolute atomic E-state index is 0.0688. The van der Waals surface area contributed by atoms with Crippen molar-refractivity contribution >= 4 is 17.3 Å². The number of nitrogens with zero attached hydrogens (tertiary/aromatic N) is 2. The van der Waals surface area contributed by atoms with Crippen molar-refractivity contribution in [3.63, 3.8) is 0 Å². The van der Waals surface area contributed by atoms with Crippen molar-refractivity contribution < 1.29 is 14.2 Å². The van der Waals surface area contributed by atoms with E-state index in [0.717, 1.165) is 34.6 Å². The van der Waals surface area contributed by atoms with Gasteiger partial charge in [-0.25, -0.2) is 5.01 Å².